The summed E-state index contributed by atoms with van der Waals surface area (Å²) in [4.78, 5) is 10.3. The van der Waals surface area contributed by atoms with E-state index in [0.717, 1.165) is 0 Å². The van der Waals surface area contributed by atoms with Crippen molar-refractivity contribution in [3.8, 4) is 0 Å². The number of alkyl halides is 2. The fourth-order valence-electron chi connectivity index (χ4n) is 1.35. The van der Waals surface area contributed by atoms with E-state index in [9.17, 15) is 13.6 Å². The first kappa shape index (κ1) is 15.0. The molecule has 0 amide bonds. The zero-order chi connectivity index (χ0) is 13.1. The minimum Gasteiger partial charge on any atom is -0.481 e. The molecular formula is C10H10Br2F2O2S. The quantitative estimate of drug-likeness (QED) is 0.692. The number of hydrogen-bond acceptors (Lipinski definition) is 2. The molecule has 1 N–H and O–H groups in total. The Morgan fingerprint density at radius 3 is 2.53 bits per heavy atom. The second kappa shape index (κ2) is 6.24. The SMILES string of the molecule is O=C(O)CCCCC(F)(F)c1cc(Br)sc1Br. The third kappa shape index (κ3) is 4.63. The summed E-state index contributed by atoms with van der Waals surface area (Å²) >= 11 is 7.45. The maximum Gasteiger partial charge on any atom is 0.303 e. The molecule has 0 saturated heterocycles. The smallest absolute Gasteiger partial charge is 0.303 e. The van der Waals surface area contributed by atoms with E-state index in [-0.39, 0.29) is 31.2 Å². The van der Waals surface area contributed by atoms with Gasteiger partial charge >= 0.3 is 5.97 Å². The fourth-order valence-corrected chi connectivity index (χ4v) is 4.31. The van der Waals surface area contributed by atoms with Gasteiger partial charge in [-0.25, -0.2) is 8.78 Å². The van der Waals surface area contributed by atoms with E-state index >= 15 is 0 Å². The fraction of sp³-hybridized carbons (Fsp3) is 0.500. The largest absolute Gasteiger partial charge is 0.481 e. The maximum absolute atomic E-state index is 13.8. The van der Waals surface area contributed by atoms with E-state index < -0.39 is 11.9 Å². The summed E-state index contributed by atoms with van der Waals surface area (Å²) in [5.41, 5.74) is -0.0373. The van der Waals surface area contributed by atoms with Gasteiger partial charge in [-0.15, -0.1) is 11.3 Å². The van der Waals surface area contributed by atoms with Crippen molar-refractivity contribution in [2.45, 2.75) is 31.6 Å². The van der Waals surface area contributed by atoms with Crippen molar-refractivity contribution >= 4 is 49.2 Å². The Morgan fingerprint density at radius 1 is 1.41 bits per heavy atom. The van der Waals surface area contributed by atoms with Gasteiger partial charge in [0.25, 0.3) is 5.92 Å². The molecule has 0 saturated carbocycles. The lowest BCUT2D eigenvalue weighted by Crippen LogP contribution is -2.13. The molecule has 7 heteroatoms. The Labute approximate surface area is 118 Å². The van der Waals surface area contributed by atoms with E-state index in [2.05, 4.69) is 31.9 Å². The van der Waals surface area contributed by atoms with Crippen LogP contribution in [0, 0.1) is 0 Å². The van der Waals surface area contributed by atoms with Crippen molar-refractivity contribution in [2.24, 2.45) is 0 Å². The Hall–Kier alpha value is -0.0100. The summed E-state index contributed by atoms with van der Waals surface area (Å²) in [7, 11) is 0. The second-order valence-electron chi connectivity index (χ2n) is 3.54. The van der Waals surface area contributed by atoms with Gasteiger partial charge in [0.2, 0.25) is 0 Å². The minimum absolute atomic E-state index is 0.0373. The Kier molecular flexibility index (Phi) is 5.53. The molecule has 0 radical (unpaired) electrons. The monoisotopic (exact) mass is 390 g/mol. The van der Waals surface area contributed by atoms with Gasteiger partial charge in [0.15, 0.2) is 0 Å². The second-order valence-corrected chi connectivity index (χ2v) is 7.29. The lowest BCUT2D eigenvalue weighted by Gasteiger charge is -2.15. The molecule has 0 aliphatic carbocycles. The summed E-state index contributed by atoms with van der Waals surface area (Å²) in [5.74, 6) is -3.87. The zero-order valence-electron chi connectivity index (χ0n) is 8.68. The van der Waals surface area contributed by atoms with Gasteiger partial charge < -0.3 is 5.11 Å². The van der Waals surface area contributed by atoms with Crippen LogP contribution in [-0.2, 0) is 10.7 Å². The summed E-state index contributed by atoms with van der Waals surface area (Å²) < 4.78 is 28.6. The van der Waals surface area contributed by atoms with Crippen LogP contribution in [0.1, 0.15) is 31.2 Å². The molecule has 1 rings (SSSR count). The number of aliphatic carboxylic acids is 1. The van der Waals surface area contributed by atoms with Crippen molar-refractivity contribution in [3.05, 3.63) is 19.2 Å². The molecule has 0 aliphatic rings. The Balaban J connectivity index is 2.56. The summed E-state index contributed by atoms with van der Waals surface area (Å²) in [6, 6.07) is 1.39. The molecule has 0 unspecified atom stereocenters. The van der Waals surface area contributed by atoms with Crippen molar-refractivity contribution in [2.75, 3.05) is 0 Å². The van der Waals surface area contributed by atoms with Crippen LogP contribution in [0.15, 0.2) is 13.6 Å². The third-order valence-corrected chi connectivity index (χ3v) is 4.52. The minimum atomic E-state index is -2.92. The highest BCUT2D eigenvalue weighted by Gasteiger charge is 2.34. The van der Waals surface area contributed by atoms with Crippen LogP contribution in [0.5, 0.6) is 0 Å². The van der Waals surface area contributed by atoms with Gasteiger partial charge in [0, 0.05) is 18.4 Å². The number of hydrogen-bond donors (Lipinski definition) is 1. The number of rotatable bonds is 6. The van der Waals surface area contributed by atoms with Crippen LogP contribution in [0.25, 0.3) is 0 Å². The van der Waals surface area contributed by atoms with Crippen LogP contribution >= 0.6 is 43.2 Å². The van der Waals surface area contributed by atoms with Gasteiger partial charge in [0.05, 0.1) is 7.57 Å². The van der Waals surface area contributed by atoms with Crippen molar-refractivity contribution in [1.29, 1.82) is 0 Å². The van der Waals surface area contributed by atoms with E-state index in [0.29, 0.717) is 7.57 Å². The molecule has 0 fully saturated rings. The first-order valence-corrected chi connectivity index (χ1v) is 7.28. The van der Waals surface area contributed by atoms with Gasteiger partial charge in [-0.2, -0.15) is 0 Å². The number of carboxylic acids is 1. The molecule has 0 bridgehead atoms. The molecule has 96 valence electrons. The number of carbonyl (C=O) groups is 1. The third-order valence-electron chi connectivity index (χ3n) is 2.18. The summed E-state index contributed by atoms with van der Waals surface area (Å²) in [5, 5.41) is 8.41. The zero-order valence-corrected chi connectivity index (χ0v) is 12.7. The van der Waals surface area contributed by atoms with Gasteiger partial charge in [-0.3, -0.25) is 4.79 Å². The highest BCUT2D eigenvalue weighted by molar-refractivity contribution is 9.12. The van der Waals surface area contributed by atoms with E-state index in [4.69, 9.17) is 5.11 Å². The first-order chi connectivity index (χ1) is 7.83. The Morgan fingerprint density at radius 2 is 2.06 bits per heavy atom. The van der Waals surface area contributed by atoms with E-state index in [1.807, 2.05) is 0 Å². The predicted molar refractivity (Wildman–Crippen MR) is 69.7 cm³/mol. The predicted octanol–water partition coefficient (Wildman–Crippen LogP) is 5.01. The molecule has 1 heterocycles. The topological polar surface area (TPSA) is 37.3 Å². The highest BCUT2D eigenvalue weighted by atomic mass is 79.9. The summed E-state index contributed by atoms with van der Waals surface area (Å²) in [6.45, 7) is 0. The van der Waals surface area contributed by atoms with Crippen LogP contribution in [0.2, 0.25) is 0 Å². The van der Waals surface area contributed by atoms with Crippen molar-refractivity contribution < 1.29 is 18.7 Å². The normalized spacial score (nSPS) is 11.8. The highest BCUT2D eigenvalue weighted by Crippen LogP contribution is 2.43. The molecule has 0 spiro atoms. The molecule has 0 aromatic carbocycles. The molecule has 1 aromatic heterocycles. The van der Waals surface area contributed by atoms with E-state index in [1.165, 1.54) is 17.4 Å². The molecule has 2 nitrogen and oxygen atoms in total. The first-order valence-electron chi connectivity index (χ1n) is 4.88. The molecular weight excluding hydrogens is 382 g/mol. The van der Waals surface area contributed by atoms with Crippen LogP contribution < -0.4 is 0 Å². The average molecular weight is 392 g/mol. The molecule has 0 aliphatic heterocycles. The average Bonchev–Trinajstić information content (AvgIpc) is 2.53. The van der Waals surface area contributed by atoms with Crippen LogP contribution in [0.3, 0.4) is 0 Å². The Bertz CT molecular complexity index is 407. The number of carboxylic acid groups (broad SMARTS) is 1. The van der Waals surface area contributed by atoms with Crippen molar-refractivity contribution in [1.82, 2.24) is 0 Å². The number of unbranched alkanes of at least 4 members (excludes halogenated alkanes) is 1. The van der Waals surface area contributed by atoms with Crippen LogP contribution in [0.4, 0.5) is 8.78 Å². The van der Waals surface area contributed by atoms with Crippen LogP contribution in [-0.4, -0.2) is 11.1 Å². The standard InChI is InChI=1S/C10H10Br2F2O2S/c11-7-5-6(9(12)17-7)10(13,14)4-2-1-3-8(15)16/h5H,1-4H2,(H,15,16). The molecule has 0 atom stereocenters. The lowest BCUT2D eigenvalue weighted by molar-refractivity contribution is -0.137. The van der Waals surface area contributed by atoms with Gasteiger partial charge in [-0.1, -0.05) is 0 Å². The van der Waals surface area contributed by atoms with Gasteiger partial charge in [-0.05, 0) is 50.8 Å². The van der Waals surface area contributed by atoms with Gasteiger partial charge in [0.1, 0.15) is 0 Å². The maximum atomic E-state index is 13.8. The number of thiophene rings is 1. The molecule has 1 aromatic rings. The van der Waals surface area contributed by atoms with Crippen molar-refractivity contribution in [3.63, 3.8) is 0 Å². The number of halogens is 4. The summed E-state index contributed by atoms with van der Waals surface area (Å²) in [6.07, 6.45) is 0.0691. The van der Waals surface area contributed by atoms with E-state index in [1.54, 1.807) is 0 Å². The molecule has 17 heavy (non-hydrogen) atoms. The lowest BCUT2D eigenvalue weighted by atomic mass is 10.0.